The smallest absolute Gasteiger partial charge is 0.371 e. The number of benzene rings is 1. The fraction of sp³-hybridized carbons (Fsp3) is 0.400. The van der Waals surface area contributed by atoms with Crippen molar-refractivity contribution in [3.63, 3.8) is 0 Å². The molecule has 1 aromatic heterocycles. The summed E-state index contributed by atoms with van der Waals surface area (Å²) in [5, 5.41) is 38.6. The second-order valence-electron chi connectivity index (χ2n) is 7.64. The topological polar surface area (TPSA) is 193 Å². The van der Waals surface area contributed by atoms with Crippen molar-refractivity contribution in [1.29, 1.82) is 0 Å². The number of aliphatic hydroxyl groups is 4. The summed E-state index contributed by atoms with van der Waals surface area (Å²) in [5.74, 6) is -5.07. The normalized spacial score (nSPS) is 26.9. The number of amides is 2. The molecule has 0 bridgehead atoms. The van der Waals surface area contributed by atoms with E-state index in [4.69, 9.17) is 25.5 Å². The lowest BCUT2D eigenvalue weighted by Gasteiger charge is -2.39. The van der Waals surface area contributed by atoms with Crippen molar-refractivity contribution in [3.05, 3.63) is 39.0 Å². The van der Waals surface area contributed by atoms with Crippen LogP contribution < -0.4 is 10.4 Å². The molecule has 4 N–H and O–H groups in total. The van der Waals surface area contributed by atoms with Gasteiger partial charge in [0, 0.05) is 18.2 Å². The Morgan fingerprint density at radius 3 is 2.40 bits per heavy atom. The molecule has 3 heterocycles. The number of fused-ring (bicyclic) bond motifs is 1. The van der Waals surface area contributed by atoms with E-state index in [1.807, 2.05) is 0 Å². The van der Waals surface area contributed by atoms with Crippen molar-refractivity contribution >= 4 is 40.4 Å². The molecule has 0 spiro atoms. The van der Waals surface area contributed by atoms with Gasteiger partial charge in [0.15, 0.2) is 11.3 Å². The first-order valence-electron chi connectivity index (χ1n) is 10.0. The molecule has 2 unspecified atom stereocenters. The predicted octanol–water partition coefficient (Wildman–Crippen LogP) is -1.02. The lowest BCUT2D eigenvalue weighted by Crippen LogP contribution is -2.60. The number of nitrogens with zero attached hydrogens (tertiary/aromatic N) is 1. The van der Waals surface area contributed by atoms with Crippen LogP contribution in [0.1, 0.15) is 23.2 Å². The monoisotopic (exact) mass is 517 g/mol. The Morgan fingerprint density at radius 1 is 1.11 bits per heavy atom. The van der Waals surface area contributed by atoms with Crippen LogP contribution in [0.15, 0.2) is 21.3 Å². The first-order valence-corrected chi connectivity index (χ1v) is 10.4. The Bertz CT molecular complexity index is 1250. The zero-order valence-corrected chi connectivity index (χ0v) is 18.2. The maximum Gasteiger partial charge on any atom is 0.371 e. The van der Waals surface area contributed by atoms with E-state index in [0.717, 1.165) is 12.1 Å². The molecule has 2 saturated heterocycles. The summed E-state index contributed by atoms with van der Waals surface area (Å²) in [6.07, 6.45) is -8.84. The van der Waals surface area contributed by atoms with Gasteiger partial charge in [0.25, 0.3) is 11.8 Å². The molecule has 4 rings (SSSR count). The summed E-state index contributed by atoms with van der Waals surface area (Å²) >= 11 is 6.06. The molecule has 0 radical (unpaired) electrons. The summed E-state index contributed by atoms with van der Waals surface area (Å²) in [4.78, 5) is 52.5. The quantitative estimate of drug-likeness (QED) is 0.279. The van der Waals surface area contributed by atoms with Crippen molar-refractivity contribution in [2.24, 2.45) is 0 Å². The first-order chi connectivity index (χ1) is 16.5. The number of hydrogen-bond donors (Lipinski definition) is 4. The first kappa shape index (κ1) is 25.0. The Hall–Kier alpha value is -3.14. The largest absolute Gasteiger partial charge is 0.457 e. The molecule has 13 nitrogen and oxygen atoms in total. The maximum atomic E-state index is 15.2. The van der Waals surface area contributed by atoms with Crippen LogP contribution in [-0.2, 0) is 19.2 Å². The van der Waals surface area contributed by atoms with Crippen LogP contribution in [0.5, 0.6) is 5.75 Å². The standard InChI is InChI=1S/C20H17ClFNO12/c21-8-4-6-3-7(19(31)35-23-10(25)1-2-11(23)26)18(30)33-16(6)12(22)17(8)34-20-15(29)14(28)13(27)9(5-24)32-20/h3-4,9,13-15,20,24,27-29H,1-2,5H2/t9?,13-,14-,15?,20+/m1/s1. The van der Waals surface area contributed by atoms with E-state index < -0.39 is 88.5 Å². The number of hydroxylamine groups is 2. The van der Waals surface area contributed by atoms with E-state index in [1.165, 1.54) is 0 Å². The highest BCUT2D eigenvalue weighted by Gasteiger charge is 2.45. The van der Waals surface area contributed by atoms with Crippen molar-refractivity contribution in [3.8, 4) is 5.75 Å². The SMILES string of the molecule is O=C(ON1C(=O)CCC1=O)c1cc2cc(Cl)c(O[C@@H]3OC(CO)[C@@H](O)[C@@H](O)C3O)c(F)c2oc1=O. The van der Waals surface area contributed by atoms with Crippen molar-refractivity contribution in [2.75, 3.05) is 6.61 Å². The molecule has 0 saturated carbocycles. The average molecular weight is 518 g/mol. The van der Waals surface area contributed by atoms with Crippen LogP contribution >= 0.6 is 11.6 Å². The van der Waals surface area contributed by atoms with Gasteiger partial charge >= 0.3 is 11.6 Å². The molecule has 188 valence electrons. The molecule has 0 aliphatic carbocycles. The molecule has 1 aromatic carbocycles. The van der Waals surface area contributed by atoms with Crippen molar-refractivity contribution in [1.82, 2.24) is 5.06 Å². The molecular weight excluding hydrogens is 501 g/mol. The third kappa shape index (κ3) is 4.47. The summed E-state index contributed by atoms with van der Waals surface area (Å²) < 4.78 is 30.4. The van der Waals surface area contributed by atoms with Gasteiger partial charge in [-0.15, -0.1) is 5.06 Å². The minimum Gasteiger partial charge on any atom is -0.457 e. The Balaban J connectivity index is 1.65. The van der Waals surface area contributed by atoms with E-state index >= 15 is 4.39 Å². The minimum absolute atomic E-state index is 0.170. The molecule has 5 atom stereocenters. The summed E-state index contributed by atoms with van der Waals surface area (Å²) in [6, 6.07) is 1.90. The fourth-order valence-electron chi connectivity index (χ4n) is 3.50. The van der Waals surface area contributed by atoms with Gasteiger partial charge in [-0.3, -0.25) is 9.59 Å². The van der Waals surface area contributed by atoms with Crippen LogP contribution in [0.2, 0.25) is 5.02 Å². The zero-order chi connectivity index (χ0) is 25.6. The molecule has 2 fully saturated rings. The van der Waals surface area contributed by atoms with Crippen LogP contribution in [0, 0.1) is 5.82 Å². The summed E-state index contributed by atoms with van der Waals surface area (Å²) in [5.41, 5.74) is -2.85. The van der Waals surface area contributed by atoms with Crippen LogP contribution in [0.4, 0.5) is 4.39 Å². The highest BCUT2D eigenvalue weighted by atomic mass is 35.5. The van der Waals surface area contributed by atoms with Gasteiger partial charge in [-0.2, -0.15) is 4.39 Å². The van der Waals surface area contributed by atoms with E-state index in [1.54, 1.807) is 0 Å². The van der Waals surface area contributed by atoms with E-state index in [2.05, 4.69) is 4.84 Å². The van der Waals surface area contributed by atoms with Gasteiger partial charge in [0.05, 0.1) is 11.6 Å². The van der Waals surface area contributed by atoms with Gasteiger partial charge < -0.3 is 39.2 Å². The van der Waals surface area contributed by atoms with Crippen LogP contribution in [0.3, 0.4) is 0 Å². The fourth-order valence-corrected chi connectivity index (χ4v) is 3.74. The summed E-state index contributed by atoms with van der Waals surface area (Å²) in [6.45, 7) is -0.763. The maximum absolute atomic E-state index is 15.2. The molecule has 15 heteroatoms. The van der Waals surface area contributed by atoms with Crippen molar-refractivity contribution in [2.45, 2.75) is 43.5 Å². The van der Waals surface area contributed by atoms with E-state index in [9.17, 15) is 39.6 Å². The number of carbonyl (C=O) groups is 3. The number of halogens is 2. The lowest BCUT2D eigenvalue weighted by atomic mass is 9.99. The number of carbonyl (C=O) groups excluding carboxylic acids is 3. The van der Waals surface area contributed by atoms with Gasteiger partial charge in [0.2, 0.25) is 12.1 Å². The second kappa shape index (κ2) is 9.49. The lowest BCUT2D eigenvalue weighted by molar-refractivity contribution is -0.277. The van der Waals surface area contributed by atoms with Crippen LogP contribution in [0.25, 0.3) is 11.0 Å². The Labute approximate surface area is 198 Å². The third-order valence-electron chi connectivity index (χ3n) is 5.36. The number of aliphatic hydroxyl groups excluding tert-OH is 4. The predicted molar refractivity (Wildman–Crippen MR) is 108 cm³/mol. The molecular formula is C20H17ClFNO12. The Kier molecular flexibility index (Phi) is 6.77. The van der Waals surface area contributed by atoms with E-state index in [0.29, 0.717) is 0 Å². The number of ether oxygens (including phenoxy) is 2. The minimum atomic E-state index is -1.88. The van der Waals surface area contributed by atoms with Crippen molar-refractivity contribution < 1.29 is 57.9 Å². The highest BCUT2D eigenvalue weighted by Crippen LogP contribution is 2.36. The van der Waals surface area contributed by atoms with Gasteiger partial charge in [-0.1, -0.05) is 11.6 Å². The molecule has 2 amide bonds. The van der Waals surface area contributed by atoms with Gasteiger partial charge in [0.1, 0.15) is 30.0 Å². The zero-order valence-electron chi connectivity index (χ0n) is 17.4. The molecule has 2 aliphatic rings. The molecule has 2 aliphatic heterocycles. The Morgan fingerprint density at radius 2 is 1.77 bits per heavy atom. The van der Waals surface area contributed by atoms with Gasteiger partial charge in [-0.05, 0) is 12.1 Å². The number of rotatable bonds is 5. The number of imide groups is 1. The molecule has 35 heavy (non-hydrogen) atoms. The van der Waals surface area contributed by atoms with Gasteiger partial charge in [-0.25, -0.2) is 9.59 Å². The van der Waals surface area contributed by atoms with E-state index in [-0.39, 0.29) is 23.3 Å². The third-order valence-corrected chi connectivity index (χ3v) is 5.64. The van der Waals surface area contributed by atoms with Crippen LogP contribution in [-0.4, -0.2) is 80.6 Å². The number of hydrogen-bond acceptors (Lipinski definition) is 12. The summed E-state index contributed by atoms with van der Waals surface area (Å²) in [7, 11) is 0. The second-order valence-corrected chi connectivity index (χ2v) is 8.05. The highest BCUT2D eigenvalue weighted by molar-refractivity contribution is 6.32. The molecule has 2 aromatic rings. The average Bonchev–Trinajstić information content (AvgIpc) is 3.13.